The predicted molar refractivity (Wildman–Crippen MR) is 100.0 cm³/mol. The average Bonchev–Trinajstić information content (AvgIpc) is 2.93. The number of aliphatic hydroxyl groups is 2. The standard InChI is InChI=1S/C22H32O3/c1-14(13-23)19-8-9-20-16(5-4-10-22(19,20)3)6-7-17-11-18(24)12-21(25)15(17)2/h6-7,13-14,18-21,24-25H,2,4-5,8-12H2,1,3H3/b16-6+,17-7+/t14-,18-,19-,20+,21+,22-/m1/s1. The van der Waals surface area contributed by atoms with Crippen LogP contribution in [0.3, 0.4) is 0 Å². The summed E-state index contributed by atoms with van der Waals surface area (Å²) in [6.45, 7) is 8.45. The quantitative estimate of drug-likeness (QED) is 0.762. The summed E-state index contributed by atoms with van der Waals surface area (Å²) < 4.78 is 0. The topological polar surface area (TPSA) is 57.5 Å². The smallest absolute Gasteiger partial charge is 0.123 e. The molecule has 0 saturated heterocycles. The van der Waals surface area contributed by atoms with E-state index in [9.17, 15) is 15.0 Å². The highest BCUT2D eigenvalue weighted by Crippen LogP contribution is 2.59. The van der Waals surface area contributed by atoms with Gasteiger partial charge in [-0.15, -0.1) is 0 Å². The minimum Gasteiger partial charge on any atom is -0.393 e. The van der Waals surface area contributed by atoms with E-state index < -0.39 is 12.2 Å². The van der Waals surface area contributed by atoms with E-state index >= 15 is 0 Å². The van der Waals surface area contributed by atoms with Crippen LogP contribution >= 0.6 is 0 Å². The summed E-state index contributed by atoms with van der Waals surface area (Å²) in [5.74, 6) is 1.17. The maximum Gasteiger partial charge on any atom is 0.123 e. The minimum atomic E-state index is -0.630. The van der Waals surface area contributed by atoms with Crippen molar-refractivity contribution in [1.29, 1.82) is 0 Å². The first-order chi connectivity index (χ1) is 11.9. The van der Waals surface area contributed by atoms with Crippen molar-refractivity contribution in [2.45, 2.75) is 71.0 Å². The molecule has 3 saturated carbocycles. The number of aliphatic hydroxyl groups excluding tert-OH is 2. The van der Waals surface area contributed by atoms with Crippen LogP contribution in [0.4, 0.5) is 0 Å². The Morgan fingerprint density at radius 1 is 1.28 bits per heavy atom. The van der Waals surface area contributed by atoms with Gasteiger partial charge < -0.3 is 15.0 Å². The lowest BCUT2D eigenvalue weighted by molar-refractivity contribution is -0.113. The monoisotopic (exact) mass is 344 g/mol. The van der Waals surface area contributed by atoms with Gasteiger partial charge in [0.05, 0.1) is 12.2 Å². The zero-order chi connectivity index (χ0) is 18.2. The Kier molecular flexibility index (Phi) is 5.36. The van der Waals surface area contributed by atoms with E-state index in [0.717, 1.165) is 30.3 Å². The second kappa shape index (κ2) is 7.20. The number of hydrogen-bond acceptors (Lipinski definition) is 3. The highest BCUT2D eigenvalue weighted by molar-refractivity contribution is 5.54. The molecular formula is C22H32O3. The molecule has 0 spiro atoms. The van der Waals surface area contributed by atoms with Gasteiger partial charge in [-0.1, -0.05) is 38.2 Å². The number of allylic oxidation sites excluding steroid dienone is 3. The third-order valence-electron chi connectivity index (χ3n) is 7.15. The summed E-state index contributed by atoms with van der Waals surface area (Å²) in [7, 11) is 0. The molecule has 0 amide bonds. The molecule has 3 rings (SSSR count). The first-order valence-electron chi connectivity index (χ1n) is 9.77. The molecule has 0 aromatic carbocycles. The second-order valence-electron chi connectivity index (χ2n) is 8.66. The average molecular weight is 344 g/mol. The summed E-state index contributed by atoms with van der Waals surface area (Å²) in [6, 6.07) is 0. The Balaban J connectivity index is 1.83. The molecule has 0 bridgehead atoms. The van der Waals surface area contributed by atoms with Crippen molar-refractivity contribution in [2.24, 2.45) is 23.2 Å². The zero-order valence-corrected chi connectivity index (χ0v) is 15.6. The van der Waals surface area contributed by atoms with E-state index in [1.807, 2.05) is 0 Å². The van der Waals surface area contributed by atoms with Crippen LogP contribution < -0.4 is 0 Å². The molecule has 0 unspecified atom stereocenters. The molecule has 0 aromatic heterocycles. The number of fused-ring (bicyclic) bond motifs is 1. The second-order valence-corrected chi connectivity index (χ2v) is 8.66. The van der Waals surface area contributed by atoms with E-state index in [1.165, 1.54) is 24.8 Å². The molecule has 138 valence electrons. The van der Waals surface area contributed by atoms with Gasteiger partial charge in [0, 0.05) is 12.3 Å². The molecule has 6 atom stereocenters. The zero-order valence-electron chi connectivity index (χ0n) is 15.6. The molecule has 25 heavy (non-hydrogen) atoms. The van der Waals surface area contributed by atoms with Gasteiger partial charge in [-0.05, 0) is 66.9 Å². The molecule has 3 aliphatic rings. The van der Waals surface area contributed by atoms with Crippen LogP contribution in [0.1, 0.15) is 58.8 Å². The Bertz CT molecular complexity index is 602. The summed E-state index contributed by atoms with van der Waals surface area (Å²) in [4.78, 5) is 11.3. The van der Waals surface area contributed by atoms with E-state index in [-0.39, 0.29) is 11.3 Å². The third-order valence-corrected chi connectivity index (χ3v) is 7.15. The lowest BCUT2D eigenvalue weighted by atomic mass is 9.61. The summed E-state index contributed by atoms with van der Waals surface area (Å²) in [6.07, 6.45) is 11.1. The highest BCUT2D eigenvalue weighted by Gasteiger charge is 2.50. The van der Waals surface area contributed by atoms with Gasteiger partial charge in [0.1, 0.15) is 6.29 Å². The Labute approximate surface area is 151 Å². The fourth-order valence-electron chi connectivity index (χ4n) is 5.70. The summed E-state index contributed by atoms with van der Waals surface area (Å²) >= 11 is 0. The third kappa shape index (κ3) is 3.41. The van der Waals surface area contributed by atoms with Crippen LogP contribution in [0.25, 0.3) is 0 Å². The SMILES string of the molecule is C=C1/C(=C/C=C2\CCC[C@]3(C)[C@@H]([C@H](C)C=O)CC[C@@H]23)C[C@@H](O)C[C@@H]1O. The van der Waals surface area contributed by atoms with Crippen LogP contribution in [-0.2, 0) is 4.79 Å². The fraction of sp³-hybridized carbons (Fsp3) is 0.682. The van der Waals surface area contributed by atoms with Crippen LogP contribution in [0.2, 0.25) is 0 Å². The van der Waals surface area contributed by atoms with Gasteiger partial charge in [0.2, 0.25) is 0 Å². The minimum absolute atomic E-state index is 0.135. The Morgan fingerprint density at radius 3 is 2.76 bits per heavy atom. The molecule has 3 nitrogen and oxygen atoms in total. The Hall–Kier alpha value is -1.19. The van der Waals surface area contributed by atoms with Gasteiger partial charge >= 0.3 is 0 Å². The summed E-state index contributed by atoms with van der Waals surface area (Å²) in [5, 5.41) is 19.9. The molecule has 2 N–H and O–H groups in total. The Morgan fingerprint density at radius 2 is 2.04 bits per heavy atom. The normalized spacial score (nSPS) is 43.3. The molecule has 0 aromatic rings. The predicted octanol–water partition coefficient (Wildman–Crippen LogP) is 3.96. The van der Waals surface area contributed by atoms with Crippen LogP contribution in [-0.4, -0.2) is 28.7 Å². The van der Waals surface area contributed by atoms with Crippen LogP contribution in [0, 0.1) is 23.2 Å². The van der Waals surface area contributed by atoms with Crippen molar-refractivity contribution in [1.82, 2.24) is 0 Å². The molecule has 0 heterocycles. The molecule has 0 radical (unpaired) electrons. The molecular weight excluding hydrogens is 312 g/mol. The first kappa shape index (κ1) is 18.6. The fourth-order valence-corrected chi connectivity index (χ4v) is 5.70. The van der Waals surface area contributed by atoms with Crippen molar-refractivity contribution >= 4 is 6.29 Å². The van der Waals surface area contributed by atoms with E-state index in [1.54, 1.807) is 0 Å². The van der Waals surface area contributed by atoms with Crippen molar-refractivity contribution in [3.8, 4) is 0 Å². The summed E-state index contributed by atoms with van der Waals surface area (Å²) in [5.41, 5.74) is 3.43. The maximum absolute atomic E-state index is 11.3. The van der Waals surface area contributed by atoms with Gasteiger partial charge in [-0.2, -0.15) is 0 Å². The van der Waals surface area contributed by atoms with Gasteiger partial charge in [-0.25, -0.2) is 0 Å². The van der Waals surface area contributed by atoms with Gasteiger partial charge in [0.15, 0.2) is 0 Å². The van der Waals surface area contributed by atoms with Gasteiger partial charge in [0.25, 0.3) is 0 Å². The van der Waals surface area contributed by atoms with Crippen molar-refractivity contribution in [3.05, 3.63) is 35.5 Å². The lowest BCUT2D eigenvalue weighted by Crippen LogP contribution is -2.36. The first-order valence-corrected chi connectivity index (χ1v) is 9.77. The number of carbonyl (C=O) groups is 1. The van der Waals surface area contributed by atoms with Crippen LogP contribution in [0.5, 0.6) is 0 Å². The lowest BCUT2D eigenvalue weighted by Gasteiger charge is -2.43. The van der Waals surface area contributed by atoms with Gasteiger partial charge in [-0.3, -0.25) is 0 Å². The molecule has 3 heteroatoms. The number of rotatable bonds is 3. The largest absolute Gasteiger partial charge is 0.393 e. The number of aldehydes is 1. The van der Waals surface area contributed by atoms with Crippen molar-refractivity contribution < 1.29 is 15.0 Å². The van der Waals surface area contributed by atoms with Crippen molar-refractivity contribution in [2.75, 3.05) is 0 Å². The van der Waals surface area contributed by atoms with Crippen molar-refractivity contribution in [3.63, 3.8) is 0 Å². The maximum atomic E-state index is 11.3. The highest BCUT2D eigenvalue weighted by atomic mass is 16.3. The van der Waals surface area contributed by atoms with E-state index in [2.05, 4.69) is 32.6 Å². The van der Waals surface area contributed by atoms with Crippen LogP contribution in [0.15, 0.2) is 35.5 Å². The number of hydrogen-bond donors (Lipinski definition) is 2. The molecule has 3 aliphatic carbocycles. The van der Waals surface area contributed by atoms with E-state index in [0.29, 0.717) is 24.7 Å². The van der Waals surface area contributed by atoms with E-state index in [4.69, 9.17) is 0 Å². The molecule has 0 aliphatic heterocycles. The molecule has 3 fully saturated rings. The number of carbonyl (C=O) groups excluding carboxylic acids is 1.